The highest BCUT2D eigenvalue weighted by atomic mass is 32.2. The number of benzene rings is 1. The Labute approximate surface area is 168 Å². The van der Waals surface area contributed by atoms with E-state index in [1.807, 2.05) is 34.9 Å². The van der Waals surface area contributed by atoms with Crippen LogP contribution < -0.4 is 5.32 Å². The normalized spacial score (nSPS) is 14.6. The molecule has 1 amide bonds. The van der Waals surface area contributed by atoms with Gasteiger partial charge in [0, 0.05) is 24.5 Å². The van der Waals surface area contributed by atoms with Crippen molar-refractivity contribution in [1.82, 2.24) is 25.1 Å². The summed E-state index contributed by atoms with van der Waals surface area (Å²) in [5.74, 6) is 1.70. The van der Waals surface area contributed by atoms with Crippen LogP contribution in [0.25, 0.3) is 11.4 Å². The molecule has 4 rings (SSSR count). The second-order valence-electron chi connectivity index (χ2n) is 6.87. The predicted molar refractivity (Wildman–Crippen MR) is 110 cm³/mol. The number of hydrogen-bond donors (Lipinski definition) is 1. The lowest BCUT2D eigenvalue weighted by molar-refractivity contribution is -0.119. The summed E-state index contributed by atoms with van der Waals surface area (Å²) >= 11 is 1.43. The number of pyridine rings is 1. The van der Waals surface area contributed by atoms with Crippen molar-refractivity contribution in [3.63, 3.8) is 0 Å². The van der Waals surface area contributed by atoms with Crippen molar-refractivity contribution >= 4 is 17.7 Å². The second-order valence-corrected chi connectivity index (χ2v) is 7.81. The fraction of sp³-hybridized carbons (Fsp3) is 0.333. The Balaban J connectivity index is 1.42. The average molecular weight is 394 g/mol. The van der Waals surface area contributed by atoms with Crippen LogP contribution in [0, 0.1) is 5.92 Å². The Morgan fingerprint density at radius 1 is 1.18 bits per heavy atom. The molecule has 1 atom stereocenters. The maximum atomic E-state index is 12.6. The smallest absolute Gasteiger partial charge is 0.230 e. The van der Waals surface area contributed by atoms with Crippen molar-refractivity contribution in [2.45, 2.75) is 37.5 Å². The van der Waals surface area contributed by atoms with Crippen molar-refractivity contribution < 1.29 is 4.79 Å². The molecule has 2 heterocycles. The molecule has 0 saturated heterocycles. The number of rotatable bonds is 8. The number of carbonyl (C=O) groups is 1. The number of carbonyl (C=O) groups excluding carboxylic acids is 1. The summed E-state index contributed by atoms with van der Waals surface area (Å²) in [6, 6.07) is 14.2. The van der Waals surface area contributed by atoms with Crippen LogP contribution in [0.3, 0.4) is 0 Å². The van der Waals surface area contributed by atoms with E-state index in [1.54, 1.807) is 12.4 Å². The van der Waals surface area contributed by atoms with E-state index >= 15 is 0 Å². The maximum absolute atomic E-state index is 12.6. The summed E-state index contributed by atoms with van der Waals surface area (Å²) < 4.78 is 2.03. The number of thioether (sulfide) groups is 1. The minimum Gasteiger partial charge on any atom is -0.348 e. The first-order chi connectivity index (χ1) is 13.8. The van der Waals surface area contributed by atoms with Crippen LogP contribution in [0.4, 0.5) is 0 Å². The molecule has 0 radical (unpaired) electrons. The molecule has 7 heteroatoms. The Bertz CT molecular complexity index is 924. The second kappa shape index (κ2) is 8.56. The van der Waals surface area contributed by atoms with E-state index in [4.69, 9.17) is 0 Å². The largest absolute Gasteiger partial charge is 0.348 e. The van der Waals surface area contributed by atoms with E-state index in [0.717, 1.165) is 23.1 Å². The average Bonchev–Trinajstić information content (AvgIpc) is 3.50. The van der Waals surface area contributed by atoms with Gasteiger partial charge in [0.05, 0.1) is 11.8 Å². The highest BCUT2D eigenvalue weighted by Gasteiger charge is 2.33. The molecule has 28 heavy (non-hydrogen) atoms. The van der Waals surface area contributed by atoms with Crippen LogP contribution in [-0.4, -0.2) is 31.4 Å². The number of amides is 1. The minimum atomic E-state index is 0.0295. The predicted octanol–water partition coefficient (Wildman–Crippen LogP) is 3.72. The van der Waals surface area contributed by atoms with Crippen LogP contribution in [0.1, 0.15) is 31.4 Å². The Kier molecular flexibility index (Phi) is 5.71. The summed E-state index contributed by atoms with van der Waals surface area (Å²) in [7, 11) is 0. The van der Waals surface area contributed by atoms with Gasteiger partial charge in [0.25, 0.3) is 0 Å². The van der Waals surface area contributed by atoms with Gasteiger partial charge in [-0.15, -0.1) is 10.2 Å². The standard InChI is InChI=1S/C21H23N5OS/c1-2-26-20(17-10-12-22-13-11-17)24-25-21(26)28-14-18(27)23-19(16-8-9-16)15-6-4-3-5-7-15/h3-7,10-13,16,19H,2,8-9,14H2,1H3,(H,23,27). The van der Waals surface area contributed by atoms with Gasteiger partial charge in [0.15, 0.2) is 11.0 Å². The monoisotopic (exact) mass is 393 g/mol. The van der Waals surface area contributed by atoms with Crippen molar-refractivity contribution in [3.05, 3.63) is 60.4 Å². The highest BCUT2D eigenvalue weighted by Crippen LogP contribution is 2.41. The maximum Gasteiger partial charge on any atom is 0.230 e. The quantitative estimate of drug-likeness (QED) is 0.591. The van der Waals surface area contributed by atoms with Gasteiger partial charge in [-0.2, -0.15) is 0 Å². The van der Waals surface area contributed by atoms with Crippen LogP contribution in [0.2, 0.25) is 0 Å². The van der Waals surface area contributed by atoms with Gasteiger partial charge >= 0.3 is 0 Å². The minimum absolute atomic E-state index is 0.0295. The zero-order valence-corrected chi connectivity index (χ0v) is 16.6. The van der Waals surface area contributed by atoms with Gasteiger partial charge in [0.1, 0.15) is 0 Å². The van der Waals surface area contributed by atoms with Gasteiger partial charge < -0.3 is 9.88 Å². The molecule has 1 aliphatic rings. The Morgan fingerprint density at radius 3 is 2.61 bits per heavy atom. The first-order valence-corrected chi connectivity index (χ1v) is 10.6. The van der Waals surface area contributed by atoms with E-state index in [-0.39, 0.29) is 11.9 Å². The Morgan fingerprint density at radius 2 is 1.93 bits per heavy atom. The molecule has 1 N–H and O–H groups in total. The molecule has 1 aromatic carbocycles. The highest BCUT2D eigenvalue weighted by molar-refractivity contribution is 7.99. The zero-order chi connectivity index (χ0) is 19.3. The third kappa shape index (κ3) is 4.25. The summed E-state index contributed by atoms with van der Waals surface area (Å²) in [5, 5.41) is 12.6. The van der Waals surface area contributed by atoms with E-state index in [9.17, 15) is 4.79 Å². The SMILES string of the molecule is CCn1c(SCC(=O)NC(c2ccccc2)C2CC2)nnc1-c1ccncc1. The molecule has 0 bridgehead atoms. The van der Waals surface area contributed by atoms with Crippen LogP contribution in [0.5, 0.6) is 0 Å². The molecule has 0 aliphatic heterocycles. The van der Waals surface area contributed by atoms with Crippen LogP contribution in [0.15, 0.2) is 60.0 Å². The lowest BCUT2D eigenvalue weighted by Crippen LogP contribution is -2.31. The zero-order valence-electron chi connectivity index (χ0n) is 15.8. The molecular formula is C21H23N5OS. The van der Waals surface area contributed by atoms with Gasteiger partial charge in [0.2, 0.25) is 5.91 Å². The third-order valence-electron chi connectivity index (χ3n) is 4.87. The molecular weight excluding hydrogens is 370 g/mol. The third-order valence-corrected chi connectivity index (χ3v) is 5.84. The molecule has 144 valence electrons. The fourth-order valence-corrected chi connectivity index (χ4v) is 4.12. The van der Waals surface area contributed by atoms with Gasteiger partial charge in [-0.3, -0.25) is 9.78 Å². The van der Waals surface area contributed by atoms with Gasteiger partial charge in [-0.05, 0) is 43.4 Å². The van der Waals surface area contributed by atoms with Crippen molar-refractivity contribution in [2.24, 2.45) is 5.92 Å². The topological polar surface area (TPSA) is 72.7 Å². The lowest BCUT2D eigenvalue weighted by Gasteiger charge is -2.18. The van der Waals surface area contributed by atoms with E-state index in [2.05, 4.69) is 39.6 Å². The van der Waals surface area contributed by atoms with Crippen molar-refractivity contribution in [2.75, 3.05) is 5.75 Å². The molecule has 1 unspecified atom stereocenters. The Hall–Kier alpha value is -2.67. The number of hydrogen-bond acceptors (Lipinski definition) is 5. The van der Waals surface area contributed by atoms with Crippen LogP contribution >= 0.6 is 11.8 Å². The van der Waals surface area contributed by atoms with Gasteiger partial charge in [-0.25, -0.2) is 0 Å². The van der Waals surface area contributed by atoms with Gasteiger partial charge in [-0.1, -0.05) is 42.1 Å². The first kappa shape index (κ1) is 18.7. The summed E-state index contributed by atoms with van der Waals surface area (Å²) in [6.45, 7) is 2.79. The molecule has 2 aromatic heterocycles. The number of nitrogens with zero attached hydrogens (tertiary/aromatic N) is 4. The van der Waals surface area contributed by atoms with E-state index in [1.165, 1.54) is 30.2 Å². The number of aromatic nitrogens is 4. The number of nitrogens with one attached hydrogen (secondary N) is 1. The molecule has 1 saturated carbocycles. The molecule has 1 aliphatic carbocycles. The summed E-state index contributed by atoms with van der Waals surface area (Å²) in [6.07, 6.45) is 5.83. The molecule has 3 aromatic rings. The van der Waals surface area contributed by atoms with Crippen LogP contribution in [-0.2, 0) is 11.3 Å². The molecule has 1 fully saturated rings. The first-order valence-electron chi connectivity index (χ1n) is 9.57. The lowest BCUT2D eigenvalue weighted by atomic mass is 10.0. The summed E-state index contributed by atoms with van der Waals surface area (Å²) in [4.78, 5) is 16.7. The van der Waals surface area contributed by atoms with Crippen molar-refractivity contribution in [3.8, 4) is 11.4 Å². The fourth-order valence-electron chi connectivity index (χ4n) is 3.30. The van der Waals surface area contributed by atoms with E-state index < -0.39 is 0 Å². The summed E-state index contributed by atoms with van der Waals surface area (Å²) in [5.41, 5.74) is 2.15. The van der Waals surface area contributed by atoms with Crippen molar-refractivity contribution in [1.29, 1.82) is 0 Å². The molecule has 6 nitrogen and oxygen atoms in total. The van der Waals surface area contributed by atoms with E-state index in [0.29, 0.717) is 11.7 Å². The molecule has 0 spiro atoms.